The van der Waals surface area contributed by atoms with E-state index in [-0.39, 0.29) is 12.0 Å². The highest BCUT2D eigenvalue weighted by Crippen LogP contribution is 2.36. The van der Waals surface area contributed by atoms with E-state index < -0.39 is 0 Å². The van der Waals surface area contributed by atoms with Crippen LogP contribution in [0.4, 0.5) is 0 Å². The van der Waals surface area contributed by atoms with Crippen molar-refractivity contribution in [2.75, 3.05) is 13.7 Å². The van der Waals surface area contributed by atoms with E-state index in [9.17, 15) is 4.79 Å². The fourth-order valence-electron chi connectivity index (χ4n) is 3.30. The molecule has 2 aliphatic heterocycles. The van der Waals surface area contributed by atoms with Gasteiger partial charge in [0.15, 0.2) is 0 Å². The smallest absolute Gasteiger partial charge is 0.323 e. The lowest BCUT2D eigenvalue weighted by atomic mass is 9.84. The van der Waals surface area contributed by atoms with Gasteiger partial charge in [0.05, 0.1) is 7.11 Å². The molecule has 0 radical (unpaired) electrons. The molecule has 0 unspecified atom stereocenters. The number of carbonyl (C=O) groups is 1. The summed E-state index contributed by atoms with van der Waals surface area (Å²) >= 11 is 0. The predicted octanol–water partition coefficient (Wildman–Crippen LogP) is 1.81. The van der Waals surface area contributed by atoms with E-state index in [0.29, 0.717) is 6.04 Å². The van der Waals surface area contributed by atoms with Crippen LogP contribution in [0.5, 0.6) is 0 Å². The number of fused-ring (bicyclic) bond motifs is 1. The van der Waals surface area contributed by atoms with E-state index in [0.717, 1.165) is 18.9 Å². The average molecular weight is 211 g/mol. The summed E-state index contributed by atoms with van der Waals surface area (Å²) in [6.07, 6.45) is 5.94. The Bertz CT molecular complexity index is 242. The normalized spacial score (nSPS) is 36.3. The Labute approximate surface area is 91.8 Å². The molecule has 3 heteroatoms. The molecule has 2 saturated heterocycles. The van der Waals surface area contributed by atoms with Gasteiger partial charge in [-0.05, 0) is 38.1 Å². The maximum atomic E-state index is 11.6. The summed E-state index contributed by atoms with van der Waals surface area (Å²) in [6.45, 7) is 3.35. The van der Waals surface area contributed by atoms with Crippen molar-refractivity contribution in [1.29, 1.82) is 0 Å². The van der Waals surface area contributed by atoms with Crippen molar-refractivity contribution < 1.29 is 9.53 Å². The zero-order valence-electron chi connectivity index (χ0n) is 9.74. The Hall–Kier alpha value is -0.570. The zero-order chi connectivity index (χ0) is 10.8. The van der Waals surface area contributed by atoms with Crippen LogP contribution < -0.4 is 0 Å². The number of rotatable bonds is 2. The Morgan fingerprint density at radius 3 is 2.87 bits per heavy atom. The number of methoxy groups -OCH3 is 1. The van der Waals surface area contributed by atoms with Crippen LogP contribution in [-0.4, -0.2) is 36.6 Å². The Kier molecular flexibility index (Phi) is 3.29. The number of esters is 1. The van der Waals surface area contributed by atoms with Gasteiger partial charge in [-0.25, -0.2) is 0 Å². The Morgan fingerprint density at radius 2 is 2.20 bits per heavy atom. The van der Waals surface area contributed by atoms with Crippen LogP contribution in [0.3, 0.4) is 0 Å². The molecule has 15 heavy (non-hydrogen) atoms. The van der Waals surface area contributed by atoms with Gasteiger partial charge in [-0.2, -0.15) is 0 Å². The predicted molar refractivity (Wildman–Crippen MR) is 58.5 cm³/mol. The number of nitrogens with zero attached hydrogens (tertiary/aromatic N) is 1. The van der Waals surface area contributed by atoms with Gasteiger partial charge < -0.3 is 4.74 Å². The van der Waals surface area contributed by atoms with Crippen molar-refractivity contribution in [3.63, 3.8) is 0 Å². The van der Waals surface area contributed by atoms with Crippen LogP contribution in [0.1, 0.15) is 39.0 Å². The maximum absolute atomic E-state index is 11.6. The summed E-state index contributed by atoms with van der Waals surface area (Å²) in [7, 11) is 1.50. The summed E-state index contributed by atoms with van der Waals surface area (Å²) in [6, 6.07) is 0.693. The molecule has 2 rings (SSSR count). The van der Waals surface area contributed by atoms with Crippen molar-refractivity contribution in [3.05, 3.63) is 0 Å². The quantitative estimate of drug-likeness (QED) is 0.652. The molecule has 2 heterocycles. The van der Waals surface area contributed by atoms with Crippen molar-refractivity contribution in [2.45, 2.75) is 51.1 Å². The van der Waals surface area contributed by atoms with Gasteiger partial charge in [0.1, 0.15) is 6.04 Å². The molecule has 0 amide bonds. The largest absolute Gasteiger partial charge is 0.468 e. The molecule has 2 fully saturated rings. The van der Waals surface area contributed by atoms with E-state index in [1.807, 2.05) is 0 Å². The summed E-state index contributed by atoms with van der Waals surface area (Å²) in [5.74, 6) is 0.768. The second kappa shape index (κ2) is 4.52. The van der Waals surface area contributed by atoms with Crippen LogP contribution in [0.15, 0.2) is 0 Å². The maximum Gasteiger partial charge on any atom is 0.323 e. The molecule has 0 N–H and O–H groups in total. The molecular formula is C12H21NO2. The number of carbonyl (C=O) groups excluding carboxylic acids is 1. The molecule has 0 bridgehead atoms. The second-order valence-electron chi connectivity index (χ2n) is 4.73. The van der Waals surface area contributed by atoms with Crippen LogP contribution >= 0.6 is 0 Å². The van der Waals surface area contributed by atoms with Crippen LogP contribution in [0, 0.1) is 5.92 Å². The molecule has 2 aliphatic rings. The van der Waals surface area contributed by atoms with Gasteiger partial charge in [-0.15, -0.1) is 0 Å². The molecule has 0 aromatic heterocycles. The van der Waals surface area contributed by atoms with E-state index in [1.165, 1.54) is 32.8 Å². The second-order valence-corrected chi connectivity index (χ2v) is 4.73. The summed E-state index contributed by atoms with van der Waals surface area (Å²) in [4.78, 5) is 14.0. The molecule has 0 aromatic rings. The molecule has 0 aliphatic carbocycles. The van der Waals surface area contributed by atoms with Crippen molar-refractivity contribution in [3.8, 4) is 0 Å². The summed E-state index contributed by atoms with van der Waals surface area (Å²) in [5, 5.41) is 0. The standard InChI is InChI=1S/C12H21NO2/c1-3-9-6-7-11(12(14)15-2)13-8-4-5-10(9)13/h9-11H,3-8H2,1-2H3/t9-,10+,11+/m1/s1. The molecular weight excluding hydrogens is 190 g/mol. The van der Waals surface area contributed by atoms with E-state index in [1.54, 1.807) is 0 Å². The number of hydrogen-bond donors (Lipinski definition) is 0. The molecule has 0 spiro atoms. The minimum atomic E-state index is -0.0311. The minimum absolute atomic E-state index is 0.0311. The molecule has 0 aromatic carbocycles. The molecule has 3 atom stereocenters. The summed E-state index contributed by atoms with van der Waals surface area (Å²) in [5.41, 5.74) is 0. The first-order valence-electron chi connectivity index (χ1n) is 6.11. The highest BCUT2D eigenvalue weighted by atomic mass is 16.5. The first-order valence-corrected chi connectivity index (χ1v) is 6.11. The first-order chi connectivity index (χ1) is 7.27. The van der Waals surface area contributed by atoms with Crippen LogP contribution in [0.25, 0.3) is 0 Å². The van der Waals surface area contributed by atoms with Gasteiger partial charge in [0.25, 0.3) is 0 Å². The first kappa shape index (κ1) is 10.9. The molecule has 0 saturated carbocycles. The zero-order valence-corrected chi connectivity index (χ0v) is 9.74. The van der Waals surface area contributed by atoms with Crippen molar-refractivity contribution in [2.24, 2.45) is 5.92 Å². The highest BCUT2D eigenvalue weighted by Gasteiger charge is 2.42. The third-order valence-electron chi connectivity index (χ3n) is 4.10. The lowest BCUT2D eigenvalue weighted by molar-refractivity contribution is -0.149. The molecule has 3 nitrogen and oxygen atoms in total. The van der Waals surface area contributed by atoms with E-state index in [4.69, 9.17) is 4.74 Å². The van der Waals surface area contributed by atoms with Gasteiger partial charge in [-0.1, -0.05) is 13.3 Å². The topological polar surface area (TPSA) is 29.5 Å². The Balaban J connectivity index is 2.08. The number of hydrogen-bond acceptors (Lipinski definition) is 3. The third-order valence-corrected chi connectivity index (χ3v) is 4.10. The van der Waals surface area contributed by atoms with Crippen LogP contribution in [0.2, 0.25) is 0 Å². The molecule has 86 valence electrons. The fourth-order valence-corrected chi connectivity index (χ4v) is 3.30. The van der Waals surface area contributed by atoms with Crippen molar-refractivity contribution in [1.82, 2.24) is 4.90 Å². The number of ether oxygens (including phenoxy) is 1. The minimum Gasteiger partial charge on any atom is -0.468 e. The fraction of sp³-hybridized carbons (Fsp3) is 0.917. The average Bonchev–Trinajstić information content (AvgIpc) is 2.75. The van der Waals surface area contributed by atoms with Crippen LogP contribution in [-0.2, 0) is 9.53 Å². The summed E-state index contributed by atoms with van der Waals surface area (Å²) < 4.78 is 4.89. The van der Waals surface area contributed by atoms with E-state index in [2.05, 4.69) is 11.8 Å². The van der Waals surface area contributed by atoms with E-state index >= 15 is 0 Å². The SMILES string of the molecule is CC[C@@H]1CC[C@@H](C(=O)OC)N2CCC[C@@H]12. The van der Waals surface area contributed by atoms with Gasteiger partial charge in [0, 0.05) is 6.04 Å². The number of piperidine rings is 1. The van der Waals surface area contributed by atoms with Gasteiger partial charge in [-0.3, -0.25) is 9.69 Å². The van der Waals surface area contributed by atoms with Crippen molar-refractivity contribution >= 4 is 5.97 Å². The monoisotopic (exact) mass is 211 g/mol. The lowest BCUT2D eigenvalue weighted by Crippen LogP contribution is -2.51. The lowest BCUT2D eigenvalue weighted by Gasteiger charge is -2.40. The highest BCUT2D eigenvalue weighted by molar-refractivity contribution is 5.75. The third kappa shape index (κ3) is 1.89. The van der Waals surface area contributed by atoms with Gasteiger partial charge >= 0.3 is 5.97 Å². The van der Waals surface area contributed by atoms with Gasteiger partial charge in [0.2, 0.25) is 0 Å². The Morgan fingerprint density at radius 1 is 1.40 bits per heavy atom.